The van der Waals surface area contributed by atoms with Gasteiger partial charge in [0.05, 0.1) is 12.2 Å². The molecule has 6 fully saturated rings. The quantitative estimate of drug-likeness (QED) is 0.167. The standard InChI is InChI=1S/C23H35IN4O3/c1-3-5-28-19-18(13(2)27(6-4-24)20(28)31)25-16(26-19)11-21-7-14-9-22(12-17(29)30)10-15(8-21)23(14,21)22/h14-19,25-26,29-30H,2-12H2,1H3/q-1/t14?,15?,16?,18-,19?,21?,22?,23?/m1/s1. The minimum atomic E-state index is -1.18. The Hall–Kier alpha value is -0.420. The van der Waals surface area contributed by atoms with Crippen LogP contribution < -0.4 is 33.2 Å². The van der Waals surface area contributed by atoms with E-state index in [0.717, 1.165) is 41.3 Å². The summed E-state index contributed by atoms with van der Waals surface area (Å²) < 4.78 is 0.893. The Labute approximate surface area is 198 Å². The molecule has 2 aliphatic heterocycles. The minimum Gasteiger partial charge on any atom is -0.795 e. The van der Waals surface area contributed by atoms with Crippen LogP contribution in [0.25, 0.3) is 0 Å². The number of hydrogen-bond acceptors (Lipinski definition) is 5. The number of carbonyl (C=O) groups is 1. The highest BCUT2D eigenvalue weighted by Crippen LogP contribution is 2.98. The number of carbonyl (C=O) groups excluding carboxylic acids is 1. The summed E-state index contributed by atoms with van der Waals surface area (Å²) >= 11 is 2.32. The minimum absolute atomic E-state index is 0.0251. The lowest BCUT2D eigenvalue weighted by Gasteiger charge is -2.96. The van der Waals surface area contributed by atoms with E-state index < -0.39 is 6.29 Å². The monoisotopic (exact) mass is 542 g/mol. The Bertz CT molecular complexity index is 803. The molecule has 2 saturated heterocycles. The Morgan fingerprint density at radius 1 is 1.16 bits per heavy atom. The van der Waals surface area contributed by atoms with Crippen molar-refractivity contribution >= 4 is 6.03 Å². The van der Waals surface area contributed by atoms with Crippen molar-refractivity contribution in [1.29, 1.82) is 0 Å². The van der Waals surface area contributed by atoms with Crippen molar-refractivity contribution in [2.75, 3.05) is 17.5 Å². The molecule has 8 heteroatoms. The van der Waals surface area contributed by atoms with Gasteiger partial charge in [0.2, 0.25) is 0 Å². The number of nitrogens with zero attached hydrogens (tertiary/aromatic N) is 2. The number of alkyl halides is 1. The first-order chi connectivity index (χ1) is 14.8. The van der Waals surface area contributed by atoms with Gasteiger partial charge in [0, 0.05) is 25.2 Å². The number of hydrogen-bond donors (Lipinski definition) is 4. The van der Waals surface area contributed by atoms with Crippen LogP contribution in [0.15, 0.2) is 12.3 Å². The second kappa shape index (κ2) is 6.81. The summed E-state index contributed by atoms with van der Waals surface area (Å²) in [6, 6.07) is 0.141. The zero-order chi connectivity index (χ0) is 21.8. The Balaban J connectivity index is 1.20. The maximum Gasteiger partial charge on any atom is 0.325 e. The molecular weight excluding hydrogens is 507 g/mol. The van der Waals surface area contributed by atoms with E-state index in [0.29, 0.717) is 23.8 Å². The van der Waals surface area contributed by atoms with E-state index in [1.54, 1.807) is 0 Å². The van der Waals surface area contributed by atoms with Crippen LogP contribution in [-0.2, 0) is 0 Å². The molecule has 4 unspecified atom stereocenters. The van der Waals surface area contributed by atoms with E-state index in [4.69, 9.17) is 0 Å². The maximum atomic E-state index is 13.2. The van der Waals surface area contributed by atoms with Gasteiger partial charge in [-0.05, 0) is 66.6 Å². The molecule has 1 spiro atoms. The van der Waals surface area contributed by atoms with E-state index in [9.17, 15) is 15.0 Å². The van der Waals surface area contributed by atoms with E-state index in [2.05, 4.69) is 46.7 Å². The van der Waals surface area contributed by atoms with Crippen molar-refractivity contribution in [2.45, 2.75) is 76.5 Å². The molecule has 6 aliphatic rings. The van der Waals surface area contributed by atoms with Gasteiger partial charge in [-0.1, -0.05) is 13.5 Å². The molecule has 7 nitrogen and oxygen atoms in total. The van der Waals surface area contributed by atoms with Crippen LogP contribution in [0.3, 0.4) is 0 Å². The van der Waals surface area contributed by atoms with Crippen LogP contribution in [0.5, 0.6) is 0 Å². The third kappa shape index (κ3) is 2.36. The molecule has 173 valence electrons. The molecule has 2 heterocycles. The third-order valence-corrected chi connectivity index (χ3v) is 10.6. The fourth-order valence-electron chi connectivity index (χ4n) is 9.72. The summed E-state index contributed by atoms with van der Waals surface area (Å²) in [7, 11) is 0. The molecule has 0 aromatic heterocycles. The second-order valence-corrected chi connectivity index (χ2v) is 12.2. The van der Waals surface area contributed by atoms with Crippen LogP contribution in [-0.4, -0.2) is 68.2 Å². The summed E-state index contributed by atoms with van der Waals surface area (Å²) in [5, 5.41) is 27.0. The number of rotatable bonds is 8. The van der Waals surface area contributed by atoms with Gasteiger partial charge >= 0.3 is 6.03 Å². The first-order valence-corrected chi connectivity index (χ1v) is 13.6. The van der Waals surface area contributed by atoms with Crippen molar-refractivity contribution in [3.05, 3.63) is 12.3 Å². The summed E-state index contributed by atoms with van der Waals surface area (Å²) in [5.74, 6) is 1.60. The highest BCUT2D eigenvalue weighted by atomic mass is 127. The third-order valence-electron chi connectivity index (χ3n) is 10.1. The van der Waals surface area contributed by atoms with Crippen LogP contribution in [0.1, 0.15) is 51.9 Å². The van der Waals surface area contributed by atoms with Gasteiger partial charge in [-0.15, -0.1) is 0 Å². The van der Waals surface area contributed by atoms with Crippen LogP contribution >= 0.6 is 0 Å². The number of aliphatic hydroxyl groups excluding tert-OH is 1. The van der Waals surface area contributed by atoms with E-state index in [1.165, 1.54) is 25.7 Å². The molecule has 6 rings (SSSR count). The number of nitrogens with one attached hydrogen (secondary N) is 2. The van der Waals surface area contributed by atoms with E-state index in [-0.39, 0.29) is 29.8 Å². The number of halogens is 1. The fraction of sp³-hybridized carbons (Fsp3) is 0.870. The first-order valence-electron chi connectivity index (χ1n) is 12.0. The molecule has 31 heavy (non-hydrogen) atoms. The van der Waals surface area contributed by atoms with Crippen molar-refractivity contribution in [3.8, 4) is 0 Å². The first kappa shape index (κ1) is 21.1. The molecule has 5 atom stereocenters. The lowest BCUT2D eigenvalue weighted by atomic mass is 9.08. The molecule has 0 aromatic carbocycles. The van der Waals surface area contributed by atoms with E-state index >= 15 is 0 Å². The Morgan fingerprint density at radius 2 is 1.84 bits per heavy atom. The molecule has 1 radical (unpaired) electrons. The number of amides is 2. The summed E-state index contributed by atoms with van der Waals surface area (Å²) in [5.41, 5.74) is 1.80. The van der Waals surface area contributed by atoms with Gasteiger partial charge in [-0.2, -0.15) is 4.43 Å². The topological polar surface area (TPSA) is 88.1 Å². The Kier molecular flexibility index (Phi) is 4.64. The average Bonchev–Trinajstić information content (AvgIpc) is 3.08. The molecular formula is C23H35IN4O3-. The smallest absolute Gasteiger partial charge is 0.325 e. The molecule has 4 aliphatic carbocycles. The lowest BCUT2D eigenvalue weighted by Crippen LogP contribution is -3.36. The maximum absolute atomic E-state index is 13.2. The summed E-state index contributed by atoms with van der Waals surface area (Å²) in [6.07, 6.45) is 6.51. The van der Waals surface area contributed by atoms with Gasteiger partial charge in [0.15, 0.2) is 6.29 Å². The van der Waals surface area contributed by atoms with Crippen LogP contribution in [0.2, 0.25) is 0 Å². The van der Waals surface area contributed by atoms with Gasteiger partial charge in [-0.3, -0.25) is 15.5 Å². The summed E-state index contributed by atoms with van der Waals surface area (Å²) in [4.78, 5) is 17.0. The fourth-order valence-corrected chi connectivity index (χ4v) is 10.2. The van der Waals surface area contributed by atoms with Gasteiger partial charge in [0.25, 0.3) is 0 Å². The predicted molar refractivity (Wildman–Crippen MR) is 111 cm³/mol. The SMILES string of the molecule is C=C1[C@H]2NC(CC34CC5CC6(CC(O)O)CC(C3)C564)NC2N(CCC)C(=O)N1CC[I-]. The zero-order valence-electron chi connectivity index (χ0n) is 18.3. The van der Waals surface area contributed by atoms with Gasteiger partial charge < -0.3 is 37.7 Å². The zero-order valence-corrected chi connectivity index (χ0v) is 20.5. The van der Waals surface area contributed by atoms with Crippen molar-refractivity contribution in [2.24, 2.45) is 28.1 Å². The highest BCUT2D eigenvalue weighted by Gasteiger charge is 2.92. The summed E-state index contributed by atoms with van der Waals surface area (Å²) in [6.45, 7) is 7.89. The van der Waals surface area contributed by atoms with E-state index in [1.807, 2.05) is 9.80 Å². The largest absolute Gasteiger partial charge is 0.795 e. The van der Waals surface area contributed by atoms with Crippen molar-refractivity contribution in [3.63, 3.8) is 0 Å². The molecule has 4 saturated carbocycles. The van der Waals surface area contributed by atoms with Gasteiger partial charge in [0.1, 0.15) is 6.17 Å². The molecule has 0 bridgehead atoms. The normalized spacial score (nSPS) is 49.0. The van der Waals surface area contributed by atoms with Crippen molar-refractivity contribution in [1.82, 2.24) is 20.4 Å². The predicted octanol–water partition coefficient (Wildman–Crippen LogP) is -1.69. The number of fused-ring (bicyclic) bond motifs is 1. The average molecular weight is 542 g/mol. The highest BCUT2D eigenvalue weighted by molar-refractivity contribution is 5.78. The number of aliphatic hydroxyl groups is 2. The molecule has 2 amide bonds. The molecule has 0 aromatic rings. The Morgan fingerprint density at radius 3 is 2.42 bits per heavy atom. The lowest BCUT2D eigenvalue weighted by molar-refractivity contribution is -0.487. The number of urea groups is 1. The molecule has 4 N–H and O–H groups in total. The van der Waals surface area contributed by atoms with Gasteiger partial charge in [-0.25, -0.2) is 4.79 Å². The second-order valence-electron chi connectivity index (χ2n) is 11.1. The van der Waals surface area contributed by atoms with Crippen LogP contribution in [0, 0.1) is 28.1 Å². The van der Waals surface area contributed by atoms with Crippen LogP contribution in [0.4, 0.5) is 4.79 Å². The van der Waals surface area contributed by atoms with Crippen molar-refractivity contribution < 1.29 is 37.6 Å².